The third-order valence-corrected chi connectivity index (χ3v) is 3.53. The molecule has 0 N–H and O–H groups in total. The molecular weight excluding hydrogens is 347 g/mol. The van der Waals surface area contributed by atoms with Crippen molar-refractivity contribution in [1.29, 1.82) is 0 Å². The molecule has 2 saturated heterocycles. The van der Waals surface area contributed by atoms with E-state index in [1.807, 2.05) is 20.8 Å². The Kier molecular flexibility index (Phi) is 8.36. The van der Waals surface area contributed by atoms with Gasteiger partial charge >= 0.3 is 6.09 Å². The molecule has 0 aromatic carbocycles. The first-order valence-corrected chi connectivity index (χ1v) is 6.80. The van der Waals surface area contributed by atoms with Crippen molar-refractivity contribution in [3.8, 4) is 0 Å². The second-order valence-electron chi connectivity index (χ2n) is 6.22. The number of hydrogen-bond donors (Lipinski definition) is 0. The summed E-state index contributed by atoms with van der Waals surface area (Å²) in [5.74, 6) is 0. The molecule has 2 aliphatic heterocycles. The van der Waals surface area contributed by atoms with E-state index >= 15 is 0 Å². The van der Waals surface area contributed by atoms with Crippen LogP contribution in [0.3, 0.4) is 0 Å². The molecule has 0 bridgehead atoms. The van der Waals surface area contributed by atoms with Crippen LogP contribution in [0.5, 0.6) is 0 Å². The molecule has 0 unspecified atom stereocenters. The monoisotopic (exact) mass is 373 g/mol. The molecule has 2 fully saturated rings. The first-order chi connectivity index (χ1) is 8.89. The maximum atomic E-state index is 11.8. The summed E-state index contributed by atoms with van der Waals surface area (Å²) in [6, 6.07) is 0.418. The van der Waals surface area contributed by atoms with Crippen LogP contribution in [0.25, 0.3) is 0 Å². The molecule has 6 nitrogen and oxygen atoms in total. The van der Waals surface area contributed by atoms with Gasteiger partial charge in [-0.15, -0.1) is 0 Å². The second kappa shape index (κ2) is 8.44. The second-order valence-corrected chi connectivity index (χ2v) is 6.22. The number of carbonyl (C=O) groups is 2. The van der Waals surface area contributed by atoms with Crippen molar-refractivity contribution in [2.45, 2.75) is 32.4 Å². The number of piperazine rings is 1. The minimum Gasteiger partial charge on any atom is -0.444 e. The van der Waals surface area contributed by atoms with Gasteiger partial charge < -0.3 is 22.0 Å². The topological polar surface area (TPSA) is 53.1 Å². The van der Waals surface area contributed by atoms with Crippen LogP contribution < -0.4 is 0 Å². The largest absolute Gasteiger partial charge is 0.444 e. The minimum absolute atomic E-state index is 0. The molecule has 0 aromatic heterocycles. The van der Waals surface area contributed by atoms with Gasteiger partial charge in [-0.3, -0.25) is 9.69 Å². The van der Waals surface area contributed by atoms with Gasteiger partial charge in [0, 0.05) is 78.0 Å². The standard InChI is InChI=1S/C13H23N3O3.CH3.Y/c1-13(2,3)19-12(18)16-8-11(9-16)15-6-4-14(10-17)5-7-15;;/h10-11H,4-9H2,1-3H3;1H3;/q;-1;. The fourth-order valence-corrected chi connectivity index (χ4v) is 2.37. The summed E-state index contributed by atoms with van der Waals surface area (Å²) < 4.78 is 5.33. The van der Waals surface area contributed by atoms with Crippen molar-refractivity contribution in [2.75, 3.05) is 39.3 Å². The van der Waals surface area contributed by atoms with Crippen LogP contribution in [-0.2, 0) is 42.2 Å². The van der Waals surface area contributed by atoms with Gasteiger partial charge in [-0.2, -0.15) is 0 Å². The van der Waals surface area contributed by atoms with E-state index in [4.69, 9.17) is 4.74 Å². The summed E-state index contributed by atoms with van der Waals surface area (Å²) in [6.07, 6.45) is 0.681. The Hall–Kier alpha value is -0.196. The Morgan fingerprint density at radius 2 is 1.67 bits per heavy atom. The molecular formula is C14H26N3O3Y-. The van der Waals surface area contributed by atoms with E-state index in [0.29, 0.717) is 6.04 Å². The Labute approximate surface area is 153 Å². The van der Waals surface area contributed by atoms with Gasteiger partial charge in [0.15, 0.2) is 0 Å². The smallest absolute Gasteiger partial charge is 0.410 e. The first-order valence-electron chi connectivity index (χ1n) is 6.80. The molecule has 2 aliphatic rings. The van der Waals surface area contributed by atoms with Crippen LogP contribution in [-0.4, -0.2) is 78.1 Å². The minimum atomic E-state index is -0.433. The molecule has 1 radical (unpaired) electrons. The van der Waals surface area contributed by atoms with Gasteiger partial charge in [0.1, 0.15) is 5.60 Å². The van der Waals surface area contributed by atoms with Gasteiger partial charge in [0.2, 0.25) is 6.41 Å². The molecule has 2 amide bonds. The van der Waals surface area contributed by atoms with Crippen LogP contribution in [0.4, 0.5) is 4.79 Å². The molecule has 0 spiro atoms. The van der Waals surface area contributed by atoms with E-state index in [2.05, 4.69) is 4.90 Å². The van der Waals surface area contributed by atoms with E-state index in [1.54, 1.807) is 9.80 Å². The number of amides is 2. The quantitative estimate of drug-likeness (QED) is 0.532. The van der Waals surface area contributed by atoms with Gasteiger partial charge in [-0.05, 0) is 20.8 Å². The molecule has 2 rings (SSSR count). The van der Waals surface area contributed by atoms with Gasteiger partial charge in [0.25, 0.3) is 0 Å². The maximum Gasteiger partial charge on any atom is 0.410 e. The van der Waals surface area contributed by atoms with Crippen LogP contribution in [0.15, 0.2) is 0 Å². The number of likely N-dealkylation sites (tertiary alicyclic amines) is 1. The fourth-order valence-electron chi connectivity index (χ4n) is 2.37. The summed E-state index contributed by atoms with van der Waals surface area (Å²) in [5.41, 5.74) is -0.433. The predicted molar refractivity (Wildman–Crippen MR) is 77.2 cm³/mol. The van der Waals surface area contributed by atoms with Gasteiger partial charge in [0.05, 0.1) is 0 Å². The maximum absolute atomic E-state index is 11.8. The molecule has 0 atom stereocenters. The third kappa shape index (κ3) is 5.83. The zero-order valence-corrected chi connectivity index (χ0v) is 16.4. The molecule has 0 aliphatic carbocycles. The average molecular weight is 373 g/mol. The van der Waals surface area contributed by atoms with Gasteiger partial charge in [-0.1, -0.05) is 0 Å². The molecule has 2 heterocycles. The summed E-state index contributed by atoms with van der Waals surface area (Å²) in [7, 11) is 0. The van der Waals surface area contributed by atoms with E-state index in [-0.39, 0.29) is 46.2 Å². The van der Waals surface area contributed by atoms with E-state index < -0.39 is 5.60 Å². The van der Waals surface area contributed by atoms with Crippen LogP contribution in [0, 0.1) is 7.43 Å². The predicted octanol–water partition coefficient (Wildman–Crippen LogP) is 0.827. The van der Waals surface area contributed by atoms with Crippen molar-refractivity contribution >= 4 is 12.5 Å². The molecule has 119 valence electrons. The van der Waals surface area contributed by atoms with Crippen LogP contribution >= 0.6 is 0 Å². The molecule has 21 heavy (non-hydrogen) atoms. The fraction of sp³-hybridized carbons (Fsp3) is 0.786. The number of rotatable bonds is 2. The van der Waals surface area contributed by atoms with Crippen LogP contribution in [0.2, 0.25) is 0 Å². The van der Waals surface area contributed by atoms with E-state index in [1.165, 1.54) is 0 Å². The summed E-state index contributed by atoms with van der Waals surface area (Å²) in [5, 5.41) is 0. The number of nitrogens with zero attached hydrogens (tertiary/aromatic N) is 3. The number of ether oxygens (including phenoxy) is 1. The van der Waals surface area contributed by atoms with Crippen molar-refractivity contribution in [1.82, 2.24) is 14.7 Å². The first kappa shape index (κ1) is 20.8. The third-order valence-electron chi connectivity index (χ3n) is 3.53. The average Bonchev–Trinajstić information content (AvgIpc) is 2.25. The Bertz CT molecular complexity index is 346. The zero-order chi connectivity index (χ0) is 14.0. The number of carbonyl (C=O) groups excluding carboxylic acids is 2. The normalized spacial score (nSPS) is 20.0. The molecule has 7 heteroatoms. The van der Waals surface area contributed by atoms with Crippen molar-refractivity contribution < 1.29 is 47.0 Å². The van der Waals surface area contributed by atoms with E-state index in [9.17, 15) is 9.59 Å². The molecule has 0 aromatic rings. The van der Waals surface area contributed by atoms with Gasteiger partial charge in [-0.25, -0.2) is 4.79 Å². The Morgan fingerprint density at radius 3 is 2.10 bits per heavy atom. The van der Waals surface area contributed by atoms with Crippen molar-refractivity contribution in [3.05, 3.63) is 7.43 Å². The summed E-state index contributed by atoms with van der Waals surface area (Å²) in [6.45, 7) is 10.4. The summed E-state index contributed by atoms with van der Waals surface area (Å²) >= 11 is 0. The number of hydrogen-bond acceptors (Lipinski definition) is 4. The zero-order valence-electron chi connectivity index (χ0n) is 13.5. The Balaban J connectivity index is 0.00000200. The van der Waals surface area contributed by atoms with Crippen molar-refractivity contribution in [3.63, 3.8) is 0 Å². The molecule has 0 saturated carbocycles. The SMILES string of the molecule is CC(C)(C)OC(=O)N1CC(N2CCN(C=O)CC2)C1.[CH3-].[Y]. The van der Waals surface area contributed by atoms with Crippen LogP contribution in [0.1, 0.15) is 20.8 Å². The van der Waals surface area contributed by atoms with E-state index in [0.717, 1.165) is 45.7 Å². The van der Waals surface area contributed by atoms with Crippen molar-refractivity contribution in [2.24, 2.45) is 0 Å². The summed E-state index contributed by atoms with van der Waals surface area (Å²) in [4.78, 5) is 28.3. The Morgan fingerprint density at radius 1 is 1.14 bits per heavy atom.